The molecule has 0 fully saturated rings. The van der Waals surface area contributed by atoms with E-state index >= 15 is 0 Å². The third-order valence-corrected chi connectivity index (χ3v) is 3.55. The van der Waals surface area contributed by atoms with Crippen molar-refractivity contribution in [2.75, 3.05) is 0 Å². The molecule has 0 aromatic heterocycles. The molecule has 2 nitrogen and oxygen atoms in total. The summed E-state index contributed by atoms with van der Waals surface area (Å²) >= 11 is 3.30. The molecule has 4 heteroatoms. The van der Waals surface area contributed by atoms with Crippen LogP contribution in [0.2, 0.25) is 0 Å². The lowest BCUT2D eigenvalue weighted by molar-refractivity contribution is -0.121. The third kappa shape index (κ3) is 4.86. The first-order valence-corrected chi connectivity index (χ1v) is 6.63. The van der Waals surface area contributed by atoms with Crippen LogP contribution in [0.15, 0.2) is 24.3 Å². The Hall–Kier alpha value is -0.900. The minimum atomic E-state index is -0.239. The number of halogens is 2. The normalized spacial score (nSPS) is 14.1. The molecule has 0 spiro atoms. The fourth-order valence-corrected chi connectivity index (χ4v) is 1.68. The number of hydrogen-bond acceptors (Lipinski definition) is 1. The van der Waals surface area contributed by atoms with Gasteiger partial charge in [-0.2, -0.15) is 0 Å². The summed E-state index contributed by atoms with van der Waals surface area (Å²) in [6.07, 6.45) is 1.46. The molecule has 1 aromatic carbocycles. The van der Waals surface area contributed by atoms with Crippen molar-refractivity contribution in [1.82, 2.24) is 5.32 Å². The second-order valence-electron chi connectivity index (χ2n) is 4.12. The van der Waals surface area contributed by atoms with Gasteiger partial charge in [-0.05, 0) is 37.5 Å². The first-order chi connectivity index (χ1) is 8.02. The SMILES string of the molecule is CCC(Br)C(=O)NC(C)Cc1ccc(F)cc1. The van der Waals surface area contributed by atoms with E-state index in [4.69, 9.17) is 0 Å². The Morgan fingerprint density at radius 2 is 2.00 bits per heavy atom. The Labute approximate surface area is 110 Å². The van der Waals surface area contributed by atoms with Crippen LogP contribution in [-0.4, -0.2) is 16.8 Å². The van der Waals surface area contributed by atoms with Crippen LogP contribution in [0.5, 0.6) is 0 Å². The predicted molar refractivity (Wildman–Crippen MR) is 70.7 cm³/mol. The molecule has 0 saturated carbocycles. The van der Waals surface area contributed by atoms with E-state index in [0.717, 1.165) is 12.0 Å². The van der Waals surface area contributed by atoms with E-state index in [0.29, 0.717) is 6.42 Å². The summed E-state index contributed by atoms with van der Waals surface area (Å²) in [5.74, 6) is -0.237. The molecule has 17 heavy (non-hydrogen) atoms. The summed E-state index contributed by atoms with van der Waals surface area (Å²) in [5, 5.41) is 2.91. The molecule has 2 atom stereocenters. The zero-order valence-electron chi connectivity index (χ0n) is 10.0. The van der Waals surface area contributed by atoms with Gasteiger partial charge in [0.25, 0.3) is 0 Å². The van der Waals surface area contributed by atoms with E-state index in [1.165, 1.54) is 12.1 Å². The van der Waals surface area contributed by atoms with Gasteiger partial charge in [-0.15, -0.1) is 0 Å². The van der Waals surface area contributed by atoms with E-state index in [9.17, 15) is 9.18 Å². The fraction of sp³-hybridized carbons (Fsp3) is 0.462. The average molecular weight is 302 g/mol. The molecule has 94 valence electrons. The molecule has 2 unspecified atom stereocenters. The van der Waals surface area contributed by atoms with Gasteiger partial charge in [0.15, 0.2) is 0 Å². The van der Waals surface area contributed by atoms with Crippen molar-refractivity contribution in [3.63, 3.8) is 0 Å². The Morgan fingerprint density at radius 1 is 1.41 bits per heavy atom. The van der Waals surface area contributed by atoms with Gasteiger partial charge in [-0.1, -0.05) is 35.0 Å². The zero-order chi connectivity index (χ0) is 12.8. The van der Waals surface area contributed by atoms with Gasteiger partial charge < -0.3 is 5.32 Å². The van der Waals surface area contributed by atoms with Crippen LogP contribution >= 0.6 is 15.9 Å². The Bertz CT molecular complexity index is 366. The molecule has 0 bridgehead atoms. The summed E-state index contributed by atoms with van der Waals surface area (Å²) in [6.45, 7) is 3.89. The van der Waals surface area contributed by atoms with Gasteiger partial charge in [-0.3, -0.25) is 4.79 Å². The zero-order valence-corrected chi connectivity index (χ0v) is 11.6. The number of amides is 1. The maximum atomic E-state index is 12.7. The molecule has 0 aliphatic carbocycles. The maximum absolute atomic E-state index is 12.7. The van der Waals surface area contributed by atoms with E-state index in [1.807, 2.05) is 13.8 Å². The predicted octanol–water partition coefficient (Wildman–Crippen LogP) is 3.05. The molecule has 1 amide bonds. The van der Waals surface area contributed by atoms with E-state index in [1.54, 1.807) is 12.1 Å². The maximum Gasteiger partial charge on any atom is 0.233 e. The lowest BCUT2D eigenvalue weighted by atomic mass is 10.1. The van der Waals surface area contributed by atoms with E-state index < -0.39 is 0 Å². The lowest BCUT2D eigenvalue weighted by Gasteiger charge is -2.16. The second-order valence-corrected chi connectivity index (χ2v) is 5.22. The van der Waals surface area contributed by atoms with Gasteiger partial charge in [0, 0.05) is 6.04 Å². The van der Waals surface area contributed by atoms with Crippen molar-refractivity contribution in [1.29, 1.82) is 0 Å². The molecule has 1 rings (SSSR count). The summed E-state index contributed by atoms with van der Waals surface area (Å²) in [6, 6.07) is 6.39. The van der Waals surface area contributed by atoms with Gasteiger partial charge >= 0.3 is 0 Å². The summed E-state index contributed by atoms with van der Waals surface area (Å²) in [7, 11) is 0. The minimum Gasteiger partial charge on any atom is -0.352 e. The smallest absolute Gasteiger partial charge is 0.233 e. The van der Waals surface area contributed by atoms with Crippen LogP contribution in [0, 0.1) is 5.82 Å². The van der Waals surface area contributed by atoms with Crippen LogP contribution in [0.3, 0.4) is 0 Å². The van der Waals surface area contributed by atoms with Crippen molar-refractivity contribution in [3.8, 4) is 0 Å². The molecule has 0 radical (unpaired) electrons. The van der Waals surface area contributed by atoms with Gasteiger partial charge in [0.1, 0.15) is 5.82 Å². The first-order valence-electron chi connectivity index (χ1n) is 5.71. The molecule has 0 heterocycles. The molecular formula is C13H17BrFNO. The monoisotopic (exact) mass is 301 g/mol. The van der Waals surface area contributed by atoms with Crippen LogP contribution < -0.4 is 5.32 Å². The third-order valence-electron chi connectivity index (χ3n) is 2.49. The van der Waals surface area contributed by atoms with Crippen LogP contribution in [0.1, 0.15) is 25.8 Å². The largest absolute Gasteiger partial charge is 0.352 e. The van der Waals surface area contributed by atoms with Crippen molar-refractivity contribution in [2.45, 2.75) is 37.6 Å². The van der Waals surface area contributed by atoms with E-state index in [2.05, 4.69) is 21.2 Å². The summed E-state index contributed by atoms with van der Waals surface area (Å²) < 4.78 is 12.7. The van der Waals surface area contributed by atoms with Crippen LogP contribution in [0.25, 0.3) is 0 Å². The Morgan fingerprint density at radius 3 is 2.53 bits per heavy atom. The highest BCUT2D eigenvalue weighted by Gasteiger charge is 2.14. The molecule has 0 saturated heterocycles. The van der Waals surface area contributed by atoms with Crippen molar-refractivity contribution in [3.05, 3.63) is 35.6 Å². The molecule has 1 aromatic rings. The standard InChI is InChI=1S/C13H17BrFNO/c1-3-12(14)13(17)16-9(2)8-10-4-6-11(15)7-5-10/h4-7,9,12H,3,8H2,1-2H3,(H,16,17). The highest BCUT2D eigenvalue weighted by molar-refractivity contribution is 9.10. The second kappa shape index (κ2) is 6.74. The van der Waals surface area contributed by atoms with Crippen LogP contribution in [0.4, 0.5) is 4.39 Å². The number of nitrogens with one attached hydrogen (secondary N) is 1. The number of carbonyl (C=O) groups is 1. The average Bonchev–Trinajstić information content (AvgIpc) is 2.30. The molecule has 1 N–H and O–H groups in total. The molecule has 0 aliphatic rings. The molecule has 0 aliphatic heterocycles. The quantitative estimate of drug-likeness (QED) is 0.832. The lowest BCUT2D eigenvalue weighted by Crippen LogP contribution is -2.38. The van der Waals surface area contributed by atoms with Crippen molar-refractivity contribution in [2.24, 2.45) is 0 Å². The van der Waals surface area contributed by atoms with Gasteiger partial charge in [-0.25, -0.2) is 4.39 Å². The van der Waals surface area contributed by atoms with Gasteiger partial charge in [0.2, 0.25) is 5.91 Å². The van der Waals surface area contributed by atoms with E-state index in [-0.39, 0.29) is 22.6 Å². The topological polar surface area (TPSA) is 29.1 Å². The fourth-order valence-electron chi connectivity index (χ4n) is 1.54. The van der Waals surface area contributed by atoms with Crippen molar-refractivity contribution < 1.29 is 9.18 Å². The highest BCUT2D eigenvalue weighted by Crippen LogP contribution is 2.08. The summed E-state index contributed by atoms with van der Waals surface area (Å²) in [5.41, 5.74) is 1.02. The van der Waals surface area contributed by atoms with Gasteiger partial charge in [0.05, 0.1) is 4.83 Å². The number of hydrogen-bond donors (Lipinski definition) is 1. The Balaban J connectivity index is 2.47. The number of benzene rings is 1. The first kappa shape index (κ1) is 14.2. The summed E-state index contributed by atoms with van der Waals surface area (Å²) in [4.78, 5) is 11.5. The van der Waals surface area contributed by atoms with Crippen molar-refractivity contribution >= 4 is 21.8 Å². The van der Waals surface area contributed by atoms with Crippen LogP contribution in [-0.2, 0) is 11.2 Å². The highest BCUT2D eigenvalue weighted by atomic mass is 79.9. The Kier molecular flexibility index (Phi) is 5.62. The number of rotatable bonds is 5. The number of carbonyl (C=O) groups excluding carboxylic acids is 1. The molecular weight excluding hydrogens is 285 g/mol. The number of alkyl halides is 1. The minimum absolute atomic E-state index is 0.00196.